The zero-order valence-corrected chi connectivity index (χ0v) is 46.2. The van der Waals surface area contributed by atoms with Crippen molar-refractivity contribution in [1.29, 1.82) is 0 Å². The van der Waals surface area contributed by atoms with Crippen molar-refractivity contribution in [3.63, 3.8) is 0 Å². The first-order chi connectivity index (χ1) is 31.8. The largest absolute Gasteiger partial charge is 0.509 e. The molecule has 0 aliphatic carbocycles. The third kappa shape index (κ3) is 9.00. The number of quaternary nitrogens is 1. The molecule has 0 amide bonds. The number of anilines is 5. The van der Waals surface area contributed by atoms with Crippen molar-refractivity contribution in [2.75, 3.05) is 9.80 Å². The van der Waals surface area contributed by atoms with Crippen LogP contribution < -0.4 is 19.4 Å². The van der Waals surface area contributed by atoms with Crippen molar-refractivity contribution >= 4 is 39.9 Å². The number of fused-ring (bicyclic) bond motifs is 3. The second kappa shape index (κ2) is 17.7. The molecule has 3 heterocycles. The van der Waals surface area contributed by atoms with Crippen LogP contribution in [0.1, 0.15) is 137 Å². The van der Waals surface area contributed by atoms with Crippen molar-refractivity contribution in [3.8, 4) is 22.6 Å². The van der Waals surface area contributed by atoms with E-state index in [1.54, 1.807) is 0 Å². The van der Waals surface area contributed by atoms with Gasteiger partial charge in [-0.3, -0.25) is 0 Å². The first kappa shape index (κ1) is 49.9. The van der Waals surface area contributed by atoms with Crippen molar-refractivity contribution in [3.05, 3.63) is 183 Å². The van der Waals surface area contributed by atoms with E-state index in [1.165, 1.54) is 77.5 Å². The van der Waals surface area contributed by atoms with Gasteiger partial charge in [0.15, 0.2) is 0 Å². The minimum Gasteiger partial charge on any atom is -0.509 e. The Kier molecular flexibility index (Phi) is 12.8. The number of hydrogen-bond acceptors (Lipinski definition) is 4. The Bertz CT molecular complexity index is 3090. The molecule has 0 fully saturated rings. The van der Waals surface area contributed by atoms with Crippen LogP contribution in [-0.4, -0.2) is 4.98 Å². The van der Waals surface area contributed by atoms with Gasteiger partial charge in [-0.2, -0.15) is 12.1 Å². The number of nitrogens with one attached hydrogen (secondary N) is 1. The second-order valence-electron chi connectivity index (χ2n) is 23.3. The Hall–Kier alpha value is -5.48. The van der Waals surface area contributed by atoms with E-state index in [0.29, 0.717) is 11.5 Å². The monoisotopic (exact) mass is 1090 g/mol. The van der Waals surface area contributed by atoms with Gasteiger partial charge in [-0.25, -0.2) is 4.98 Å². The standard InChI is InChI=1S/C63H70N4O.Pt/c1-38-28-40(3)57(41(4)29-38)48-24-22-46(68-47-23-25-50-54(36-47)67(52-21-19-18-20-49(52)63(50,16)17)56-34-44(26-27-64-56)60(7,8)9)35-53(48)65-37-66(58-42(5)30-39(2)31-43(58)6)59-51(62(13,14)15)32-45(33-55(59)65)61(10,11)12;/h18-34,37,66H,1-17H3;/q-2;. The smallest absolute Gasteiger partial charge is 0.136 e. The summed E-state index contributed by atoms with van der Waals surface area (Å²) in [6.45, 7) is 41.1. The fraction of sp³-hybridized carbons (Fsp3) is 0.333. The summed E-state index contributed by atoms with van der Waals surface area (Å²) in [5, 5.41) is 0. The summed E-state index contributed by atoms with van der Waals surface area (Å²) in [5.74, 6) is 2.09. The number of ether oxygens (including phenoxy) is 1. The number of nitrogens with zero attached hydrogens (tertiary/aromatic N) is 3. The second-order valence-corrected chi connectivity index (χ2v) is 23.3. The summed E-state index contributed by atoms with van der Waals surface area (Å²) in [6, 6.07) is 43.5. The molecule has 1 unspecified atom stereocenters. The third-order valence-electron chi connectivity index (χ3n) is 14.3. The molecule has 1 aromatic heterocycles. The average molecular weight is 1090 g/mol. The van der Waals surface area contributed by atoms with E-state index in [9.17, 15) is 0 Å². The van der Waals surface area contributed by atoms with Crippen molar-refractivity contribution in [1.82, 2.24) is 4.98 Å². The Morgan fingerprint density at radius 3 is 1.77 bits per heavy atom. The summed E-state index contributed by atoms with van der Waals surface area (Å²) in [5.41, 5.74) is 22.2. The van der Waals surface area contributed by atoms with E-state index >= 15 is 0 Å². The van der Waals surface area contributed by atoms with Gasteiger partial charge in [0.1, 0.15) is 17.2 Å². The minimum atomic E-state index is -0.289. The van der Waals surface area contributed by atoms with Gasteiger partial charge in [0, 0.05) is 61.1 Å². The van der Waals surface area contributed by atoms with Gasteiger partial charge in [-0.15, -0.1) is 35.4 Å². The number of pyridine rings is 1. The average Bonchev–Trinajstić information content (AvgIpc) is 3.61. The number of para-hydroxylation sites is 1. The molecule has 360 valence electrons. The van der Waals surface area contributed by atoms with Crippen LogP contribution in [0.3, 0.4) is 0 Å². The van der Waals surface area contributed by atoms with Gasteiger partial charge in [-0.1, -0.05) is 158 Å². The van der Waals surface area contributed by atoms with Crippen LogP contribution in [0.4, 0.5) is 39.9 Å². The zero-order chi connectivity index (χ0) is 49.0. The summed E-state index contributed by atoms with van der Waals surface area (Å²) >= 11 is 0. The molecule has 1 N–H and O–H groups in total. The van der Waals surface area contributed by atoms with Crippen LogP contribution in [-0.2, 0) is 42.7 Å². The molecule has 69 heavy (non-hydrogen) atoms. The predicted molar refractivity (Wildman–Crippen MR) is 285 cm³/mol. The van der Waals surface area contributed by atoms with Crippen molar-refractivity contribution < 1.29 is 30.7 Å². The normalized spacial score (nSPS) is 15.3. The third-order valence-corrected chi connectivity index (χ3v) is 14.3. The van der Waals surface area contributed by atoms with E-state index in [-0.39, 0.29) is 42.7 Å². The molecule has 2 aliphatic heterocycles. The molecule has 7 aromatic rings. The molecule has 0 bridgehead atoms. The van der Waals surface area contributed by atoms with Crippen LogP contribution in [0.2, 0.25) is 0 Å². The Morgan fingerprint density at radius 2 is 1.16 bits per heavy atom. The number of aromatic nitrogens is 1. The number of rotatable bonds is 6. The number of hydrogen-bond donors (Lipinski definition) is 1. The maximum absolute atomic E-state index is 7.03. The van der Waals surface area contributed by atoms with Gasteiger partial charge in [0.25, 0.3) is 0 Å². The molecule has 2 aliphatic rings. The molecule has 0 spiro atoms. The van der Waals surface area contributed by atoms with Crippen molar-refractivity contribution in [2.24, 2.45) is 0 Å². The van der Waals surface area contributed by atoms with E-state index in [4.69, 9.17) is 9.72 Å². The number of benzene rings is 6. The predicted octanol–water partition coefficient (Wildman–Crippen LogP) is 16.1. The quantitative estimate of drug-likeness (QED) is 0.168. The van der Waals surface area contributed by atoms with E-state index in [1.807, 2.05) is 6.20 Å². The molecule has 9 rings (SSSR count). The van der Waals surface area contributed by atoms with Gasteiger partial charge >= 0.3 is 0 Å². The maximum Gasteiger partial charge on any atom is 0.136 e. The molecular weight excluding hydrogens is 1020 g/mol. The van der Waals surface area contributed by atoms with Crippen molar-refractivity contribution in [2.45, 2.75) is 139 Å². The molecule has 0 saturated carbocycles. The summed E-state index contributed by atoms with van der Waals surface area (Å²) < 4.78 is 7.03. The molecule has 6 aromatic carbocycles. The number of aryl methyl sites for hydroxylation is 6. The van der Waals surface area contributed by atoms with Gasteiger partial charge < -0.3 is 19.4 Å². The first-order valence-electron chi connectivity index (χ1n) is 24.4. The van der Waals surface area contributed by atoms with E-state index in [0.717, 1.165) is 39.7 Å². The Balaban J connectivity index is 0.00000642. The summed E-state index contributed by atoms with van der Waals surface area (Å²) in [6.07, 6.45) is 1.93. The van der Waals surface area contributed by atoms with Gasteiger partial charge in [-0.05, 0) is 117 Å². The zero-order valence-electron chi connectivity index (χ0n) is 44.0. The SMILES string of the molecule is Cc1cc(C)c(-c2ccc(Oc3[c-]c4c(cc3)C(C)(C)c3ccccc3N4c3cc(C(C)(C)C)ccn3)[c-]c2N2[CH-][NH+](c3c(C)cc(C)cc3C)c3c2cc(C(C)(C)C)cc3C(C)(C)C)c(C)c1.[Pt]. The fourth-order valence-corrected chi connectivity index (χ4v) is 10.9. The summed E-state index contributed by atoms with van der Waals surface area (Å²) in [7, 11) is 0. The van der Waals surface area contributed by atoms with Gasteiger partial charge in [0.05, 0.1) is 5.69 Å². The topological polar surface area (TPSA) is 33.0 Å². The molecule has 0 saturated heterocycles. The minimum absolute atomic E-state index is 0. The summed E-state index contributed by atoms with van der Waals surface area (Å²) in [4.78, 5) is 10.9. The molecule has 6 heteroatoms. The Morgan fingerprint density at radius 1 is 0.580 bits per heavy atom. The van der Waals surface area contributed by atoms with Crippen LogP contribution >= 0.6 is 0 Å². The van der Waals surface area contributed by atoms with E-state index in [2.05, 4.69) is 243 Å². The van der Waals surface area contributed by atoms with Crippen LogP contribution in [0.15, 0.2) is 103 Å². The van der Waals surface area contributed by atoms with E-state index < -0.39 is 0 Å². The Labute approximate surface area is 428 Å². The fourth-order valence-electron chi connectivity index (χ4n) is 10.9. The maximum atomic E-state index is 7.03. The van der Waals surface area contributed by atoms with Gasteiger partial charge in [0.2, 0.25) is 0 Å². The molecule has 5 nitrogen and oxygen atoms in total. The molecular formula is C63H70N4OPt-2. The van der Waals surface area contributed by atoms with Crippen LogP contribution in [0.25, 0.3) is 11.1 Å². The van der Waals surface area contributed by atoms with Crippen LogP contribution in [0, 0.1) is 60.3 Å². The first-order valence-corrected chi connectivity index (χ1v) is 24.4. The molecule has 1 atom stereocenters. The molecule has 0 radical (unpaired) electrons. The van der Waals surface area contributed by atoms with Crippen LogP contribution in [0.5, 0.6) is 11.5 Å².